The van der Waals surface area contributed by atoms with Crippen LogP contribution in [0.2, 0.25) is 10.0 Å². The predicted octanol–water partition coefficient (Wildman–Crippen LogP) is 4.66. The maximum Gasteiger partial charge on any atom is 0.217 e. The number of ether oxygens (including phenoxy) is 3. The van der Waals surface area contributed by atoms with Crippen molar-refractivity contribution in [3.05, 3.63) is 70.7 Å². The summed E-state index contributed by atoms with van der Waals surface area (Å²) in [6.45, 7) is 2.76. The third-order valence-corrected chi connectivity index (χ3v) is 4.74. The molecule has 0 aliphatic carbocycles. The Bertz CT molecular complexity index is 925. The van der Waals surface area contributed by atoms with Crippen molar-refractivity contribution in [3.63, 3.8) is 0 Å². The number of rotatable bonds is 5. The van der Waals surface area contributed by atoms with E-state index in [1.165, 1.54) is 6.33 Å². The Kier molecular flexibility index (Phi) is 6.65. The van der Waals surface area contributed by atoms with Crippen LogP contribution in [0.3, 0.4) is 0 Å². The molecule has 28 heavy (non-hydrogen) atoms. The molecule has 2 heterocycles. The molecule has 0 bridgehead atoms. The molecule has 1 aromatic heterocycles. The van der Waals surface area contributed by atoms with Gasteiger partial charge >= 0.3 is 0 Å². The molecule has 9 heteroatoms. The monoisotopic (exact) mass is 468 g/mol. The molecule has 0 N–H and O–H groups in total. The summed E-state index contributed by atoms with van der Waals surface area (Å²) < 4.78 is 19.6. The maximum atomic E-state index is 6.57. The van der Waals surface area contributed by atoms with Crippen molar-refractivity contribution in [2.45, 2.75) is 25.4 Å². The van der Waals surface area contributed by atoms with E-state index < -0.39 is 5.79 Å². The molecule has 0 saturated carbocycles. The van der Waals surface area contributed by atoms with E-state index in [9.17, 15) is 0 Å². The molecule has 151 valence electrons. The van der Waals surface area contributed by atoms with Crippen LogP contribution in [0.4, 0.5) is 0 Å². The van der Waals surface area contributed by atoms with Crippen LogP contribution in [-0.4, -0.2) is 27.5 Å². The topological polar surface area (TPSA) is 58.4 Å². The van der Waals surface area contributed by atoms with Gasteiger partial charge in [-0.05, 0) is 49.4 Å². The first-order valence-corrected chi connectivity index (χ1v) is 9.17. The van der Waals surface area contributed by atoms with E-state index in [0.29, 0.717) is 40.3 Å². The number of nitrogens with zero attached hydrogens (tertiary/aromatic N) is 3. The summed E-state index contributed by atoms with van der Waals surface area (Å²) in [5.41, 5.74) is 0.715. The zero-order valence-corrected chi connectivity index (χ0v) is 17.3. The van der Waals surface area contributed by atoms with Crippen molar-refractivity contribution in [1.29, 1.82) is 0 Å². The Morgan fingerprint density at radius 2 is 1.93 bits per heavy atom. The van der Waals surface area contributed by atoms with Crippen LogP contribution in [0.25, 0.3) is 0 Å². The van der Waals surface area contributed by atoms with Crippen molar-refractivity contribution in [1.82, 2.24) is 14.8 Å². The van der Waals surface area contributed by atoms with Crippen LogP contribution in [0.5, 0.6) is 11.5 Å². The second kappa shape index (κ2) is 8.82. The van der Waals surface area contributed by atoms with Crippen molar-refractivity contribution < 1.29 is 31.3 Å². The van der Waals surface area contributed by atoms with Gasteiger partial charge in [-0.3, -0.25) is 0 Å². The Morgan fingerprint density at radius 1 is 1.18 bits per heavy atom. The van der Waals surface area contributed by atoms with E-state index in [1.807, 2.05) is 19.1 Å². The van der Waals surface area contributed by atoms with Crippen molar-refractivity contribution in [2.75, 3.05) is 6.61 Å². The fourth-order valence-electron chi connectivity index (χ4n) is 2.99. The fourth-order valence-corrected chi connectivity index (χ4v) is 3.43. The Balaban J connectivity index is 0.00000225. The molecule has 1 saturated heterocycles. The van der Waals surface area contributed by atoms with Gasteiger partial charge in [0.05, 0.1) is 17.7 Å². The molecular formula is C19H17Cl2CuN3O3. The van der Waals surface area contributed by atoms with Gasteiger partial charge in [0.1, 0.15) is 30.7 Å². The molecule has 2 aromatic carbocycles. The third-order valence-electron chi connectivity index (χ3n) is 4.18. The summed E-state index contributed by atoms with van der Waals surface area (Å²) in [7, 11) is 0. The summed E-state index contributed by atoms with van der Waals surface area (Å²) in [4.78, 5) is 3.98. The quantitative estimate of drug-likeness (QED) is 0.509. The number of hydrogen-bond donors (Lipinski definition) is 0. The fraction of sp³-hybridized carbons (Fsp3) is 0.263. The first-order valence-electron chi connectivity index (χ1n) is 8.42. The zero-order valence-electron chi connectivity index (χ0n) is 14.8. The molecule has 0 amide bonds. The average Bonchev–Trinajstić information content (AvgIpc) is 3.28. The smallest absolute Gasteiger partial charge is 0.217 e. The standard InChI is InChI=1S/C19H17Cl2N3O3.Cu/c1-13-9-25-19(27-13,10-24-12-22-11-23-24)17-7-6-16(8-18(17)21)26-15-4-2-14(20)3-5-15;/h2-8,11-13H,9-10H2,1H3;/t13-,19-;/m0./s1. The molecule has 3 aromatic rings. The average molecular weight is 470 g/mol. The molecule has 6 nitrogen and oxygen atoms in total. The van der Waals surface area contributed by atoms with Gasteiger partial charge in [-0.15, -0.1) is 0 Å². The van der Waals surface area contributed by atoms with E-state index in [2.05, 4.69) is 10.1 Å². The maximum absolute atomic E-state index is 6.57. The number of halogens is 2. The van der Waals surface area contributed by atoms with Gasteiger partial charge in [0.25, 0.3) is 0 Å². The summed E-state index contributed by atoms with van der Waals surface area (Å²) in [5.74, 6) is 0.249. The van der Waals surface area contributed by atoms with Crippen molar-refractivity contribution in [3.8, 4) is 11.5 Å². The van der Waals surface area contributed by atoms with Gasteiger partial charge < -0.3 is 14.2 Å². The van der Waals surface area contributed by atoms with Crippen LogP contribution in [0.15, 0.2) is 55.1 Å². The van der Waals surface area contributed by atoms with Gasteiger partial charge in [-0.25, -0.2) is 9.67 Å². The molecule has 1 fully saturated rings. The predicted molar refractivity (Wildman–Crippen MR) is 101 cm³/mol. The molecular weight excluding hydrogens is 453 g/mol. The molecule has 0 spiro atoms. The van der Waals surface area contributed by atoms with Gasteiger partial charge in [0, 0.05) is 27.7 Å². The summed E-state index contributed by atoms with van der Waals surface area (Å²) in [5, 5.41) is 5.28. The summed E-state index contributed by atoms with van der Waals surface area (Å²) >= 11 is 12.5. The SMILES string of the molecule is C[C@H]1CO[C@](Cn2cncn2)(c2ccc(Oc3ccc(Cl)cc3)cc2Cl)O1.[Cu]. The Hall–Kier alpha value is -1.60. The minimum atomic E-state index is -1.02. The Morgan fingerprint density at radius 3 is 2.54 bits per heavy atom. The van der Waals surface area contributed by atoms with Crippen LogP contribution in [-0.2, 0) is 38.9 Å². The van der Waals surface area contributed by atoms with E-state index in [0.717, 1.165) is 0 Å². The van der Waals surface area contributed by atoms with Crippen molar-refractivity contribution >= 4 is 23.2 Å². The first kappa shape index (κ1) is 21.1. The van der Waals surface area contributed by atoms with E-state index in [-0.39, 0.29) is 23.2 Å². The van der Waals surface area contributed by atoms with Crippen LogP contribution in [0, 0.1) is 0 Å². The molecule has 2 atom stereocenters. The number of benzene rings is 2. The molecule has 1 aliphatic heterocycles. The zero-order chi connectivity index (χ0) is 18.9. The van der Waals surface area contributed by atoms with Crippen LogP contribution in [0.1, 0.15) is 12.5 Å². The summed E-state index contributed by atoms with van der Waals surface area (Å²) in [6.07, 6.45) is 3.02. The van der Waals surface area contributed by atoms with Gasteiger partial charge in [-0.2, -0.15) is 5.10 Å². The third kappa shape index (κ3) is 4.51. The molecule has 1 radical (unpaired) electrons. The second-order valence-electron chi connectivity index (χ2n) is 6.28. The first-order chi connectivity index (χ1) is 13.0. The van der Waals surface area contributed by atoms with Gasteiger partial charge in [0.2, 0.25) is 5.79 Å². The minimum Gasteiger partial charge on any atom is -0.457 e. The van der Waals surface area contributed by atoms with Crippen LogP contribution >= 0.6 is 23.2 Å². The second-order valence-corrected chi connectivity index (χ2v) is 7.13. The number of hydrogen-bond acceptors (Lipinski definition) is 5. The molecule has 4 rings (SSSR count). The van der Waals surface area contributed by atoms with E-state index in [4.69, 9.17) is 37.4 Å². The minimum absolute atomic E-state index is 0. The summed E-state index contributed by atoms with van der Waals surface area (Å²) in [6, 6.07) is 12.5. The normalized spacial score (nSPS) is 21.3. The van der Waals surface area contributed by atoms with E-state index in [1.54, 1.807) is 41.3 Å². The largest absolute Gasteiger partial charge is 0.457 e. The number of aromatic nitrogens is 3. The molecule has 1 aliphatic rings. The van der Waals surface area contributed by atoms with Crippen LogP contribution < -0.4 is 4.74 Å². The van der Waals surface area contributed by atoms with Crippen molar-refractivity contribution in [2.24, 2.45) is 0 Å². The molecule has 0 unspecified atom stereocenters. The Labute approximate surface area is 183 Å². The van der Waals surface area contributed by atoms with Gasteiger partial charge in [-0.1, -0.05) is 23.2 Å². The van der Waals surface area contributed by atoms with Gasteiger partial charge in [0.15, 0.2) is 0 Å². The van der Waals surface area contributed by atoms with E-state index >= 15 is 0 Å².